The lowest BCUT2D eigenvalue weighted by molar-refractivity contribution is 0.348. The molecule has 0 bridgehead atoms. The van der Waals surface area contributed by atoms with Crippen molar-refractivity contribution in [2.75, 3.05) is 5.32 Å². The molecule has 0 aromatic carbocycles. The molecule has 106 valence electrons. The van der Waals surface area contributed by atoms with E-state index in [1.807, 2.05) is 6.07 Å². The number of anilines is 1. The van der Waals surface area contributed by atoms with Crippen molar-refractivity contribution in [3.8, 4) is 0 Å². The third kappa shape index (κ3) is 3.91. The maximum atomic E-state index is 4.69. The summed E-state index contributed by atoms with van der Waals surface area (Å²) in [5, 5.41) is 3.63. The molecule has 4 heteroatoms. The van der Waals surface area contributed by atoms with Gasteiger partial charge in [0.05, 0.1) is 0 Å². The van der Waals surface area contributed by atoms with E-state index in [1.165, 1.54) is 32.1 Å². The summed E-state index contributed by atoms with van der Waals surface area (Å²) in [5.41, 5.74) is 0.148. The number of nitrogens with zero attached hydrogens (tertiary/aromatic N) is 2. The Kier molecular flexibility index (Phi) is 4.19. The summed E-state index contributed by atoms with van der Waals surface area (Å²) in [4.78, 5) is 9.18. The summed E-state index contributed by atoms with van der Waals surface area (Å²) in [5.74, 6) is 1.82. The summed E-state index contributed by atoms with van der Waals surface area (Å²) in [6, 6.07) is 1.98. The van der Waals surface area contributed by atoms with Gasteiger partial charge in [0.1, 0.15) is 16.2 Å². The van der Waals surface area contributed by atoms with Crippen molar-refractivity contribution in [1.82, 2.24) is 9.97 Å². The van der Waals surface area contributed by atoms with Crippen molar-refractivity contribution in [1.29, 1.82) is 0 Å². The zero-order valence-electron chi connectivity index (χ0n) is 12.4. The topological polar surface area (TPSA) is 37.8 Å². The monoisotopic (exact) mass is 325 g/mol. The molecule has 2 rings (SSSR count). The molecule has 1 saturated carbocycles. The molecule has 0 spiro atoms. The highest BCUT2D eigenvalue weighted by atomic mass is 79.9. The van der Waals surface area contributed by atoms with Crippen molar-refractivity contribution in [2.24, 2.45) is 0 Å². The molecule has 1 aliphatic carbocycles. The second-order valence-corrected chi connectivity index (χ2v) is 7.71. The van der Waals surface area contributed by atoms with Gasteiger partial charge in [-0.05, 0) is 35.7 Å². The lowest BCUT2D eigenvalue weighted by atomic mass is 9.83. The molecule has 0 atom stereocenters. The molecule has 1 N–H and O–H groups in total. The Labute approximate surface area is 124 Å². The van der Waals surface area contributed by atoms with Crippen LogP contribution in [0.25, 0.3) is 0 Å². The summed E-state index contributed by atoms with van der Waals surface area (Å²) < 4.78 is 0.856. The Hall–Kier alpha value is -0.640. The quantitative estimate of drug-likeness (QED) is 0.803. The lowest BCUT2D eigenvalue weighted by Gasteiger charge is -2.35. The van der Waals surface area contributed by atoms with Gasteiger partial charge in [-0.1, -0.05) is 40.0 Å². The molecule has 1 aromatic rings. The van der Waals surface area contributed by atoms with Crippen LogP contribution in [0.15, 0.2) is 10.7 Å². The van der Waals surface area contributed by atoms with Gasteiger partial charge in [0.15, 0.2) is 0 Å². The van der Waals surface area contributed by atoms with Gasteiger partial charge in [-0.15, -0.1) is 0 Å². The van der Waals surface area contributed by atoms with E-state index in [4.69, 9.17) is 4.98 Å². The van der Waals surface area contributed by atoms with Crippen LogP contribution in [0.5, 0.6) is 0 Å². The third-order valence-electron chi connectivity index (χ3n) is 3.75. The van der Waals surface area contributed by atoms with E-state index < -0.39 is 0 Å². The molecule has 3 nitrogen and oxygen atoms in total. The van der Waals surface area contributed by atoms with Crippen molar-refractivity contribution in [2.45, 2.75) is 70.8 Å². The van der Waals surface area contributed by atoms with Gasteiger partial charge in [-0.25, -0.2) is 9.97 Å². The Bertz CT molecular complexity index is 445. The number of nitrogens with one attached hydrogen (secondary N) is 1. The molecule has 0 unspecified atom stereocenters. The first-order valence-electron chi connectivity index (χ1n) is 7.12. The molecule has 0 amide bonds. The molecule has 1 heterocycles. The summed E-state index contributed by atoms with van der Waals surface area (Å²) in [6.07, 6.45) is 6.42. The van der Waals surface area contributed by atoms with E-state index in [0.29, 0.717) is 0 Å². The average Bonchev–Trinajstić information content (AvgIpc) is 2.27. The summed E-state index contributed by atoms with van der Waals surface area (Å²) >= 11 is 3.50. The zero-order chi connectivity index (χ0) is 14.1. The minimum absolute atomic E-state index is 0.0340. The van der Waals surface area contributed by atoms with Crippen LogP contribution in [0.2, 0.25) is 0 Å². The van der Waals surface area contributed by atoms with Crippen LogP contribution in [0, 0.1) is 0 Å². The van der Waals surface area contributed by atoms with Crippen LogP contribution in [0.1, 0.15) is 65.6 Å². The van der Waals surface area contributed by atoms with Crippen LogP contribution in [0.4, 0.5) is 5.82 Å². The van der Waals surface area contributed by atoms with E-state index in [-0.39, 0.29) is 11.0 Å². The largest absolute Gasteiger partial charge is 0.365 e. The minimum atomic E-state index is -0.0340. The molecular formula is C15H24BrN3. The standard InChI is InChI=1S/C15H24BrN3/c1-14(2,3)13-17-11(16)10-12(18-13)19-15(4)8-6-5-7-9-15/h10H,5-9H2,1-4H3,(H,17,18,19). The highest BCUT2D eigenvalue weighted by Gasteiger charge is 2.27. The maximum absolute atomic E-state index is 4.69. The van der Waals surface area contributed by atoms with Gasteiger partial charge in [0.25, 0.3) is 0 Å². The number of aromatic nitrogens is 2. The van der Waals surface area contributed by atoms with E-state index in [9.17, 15) is 0 Å². The Morgan fingerprint density at radius 1 is 1.16 bits per heavy atom. The number of hydrogen-bond acceptors (Lipinski definition) is 3. The number of hydrogen-bond donors (Lipinski definition) is 1. The molecular weight excluding hydrogens is 302 g/mol. The van der Waals surface area contributed by atoms with Crippen LogP contribution >= 0.6 is 15.9 Å². The van der Waals surface area contributed by atoms with Gasteiger partial charge in [-0.2, -0.15) is 0 Å². The van der Waals surface area contributed by atoms with Crippen LogP contribution in [0.3, 0.4) is 0 Å². The molecule has 0 aliphatic heterocycles. The lowest BCUT2D eigenvalue weighted by Crippen LogP contribution is -2.37. The van der Waals surface area contributed by atoms with Gasteiger partial charge in [0.2, 0.25) is 0 Å². The van der Waals surface area contributed by atoms with Gasteiger partial charge < -0.3 is 5.32 Å². The summed E-state index contributed by atoms with van der Waals surface area (Å²) in [6.45, 7) is 8.72. The first-order valence-corrected chi connectivity index (χ1v) is 7.91. The molecule has 0 radical (unpaired) electrons. The fourth-order valence-electron chi connectivity index (χ4n) is 2.58. The second-order valence-electron chi connectivity index (χ2n) is 6.90. The van der Waals surface area contributed by atoms with Crippen molar-refractivity contribution >= 4 is 21.7 Å². The highest BCUT2D eigenvalue weighted by molar-refractivity contribution is 9.10. The Morgan fingerprint density at radius 3 is 2.37 bits per heavy atom. The highest BCUT2D eigenvalue weighted by Crippen LogP contribution is 2.31. The van der Waals surface area contributed by atoms with E-state index in [1.54, 1.807) is 0 Å². The fourth-order valence-corrected chi connectivity index (χ4v) is 2.97. The van der Waals surface area contributed by atoms with Gasteiger partial charge in [-0.3, -0.25) is 0 Å². The molecule has 1 fully saturated rings. The molecule has 0 saturated heterocycles. The predicted molar refractivity (Wildman–Crippen MR) is 83.5 cm³/mol. The van der Waals surface area contributed by atoms with Gasteiger partial charge >= 0.3 is 0 Å². The smallest absolute Gasteiger partial charge is 0.137 e. The Morgan fingerprint density at radius 2 is 1.79 bits per heavy atom. The van der Waals surface area contributed by atoms with Crippen molar-refractivity contribution in [3.05, 3.63) is 16.5 Å². The maximum Gasteiger partial charge on any atom is 0.137 e. The van der Waals surface area contributed by atoms with Crippen molar-refractivity contribution in [3.63, 3.8) is 0 Å². The minimum Gasteiger partial charge on any atom is -0.365 e. The second kappa shape index (κ2) is 5.39. The normalized spacial score (nSPS) is 19.2. The summed E-state index contributed by atoms with van der Waals surface area (Å²) in [7, 11) is 0. The van der Waals surface area contributed by atoms with E-state index in [2.05, 4.69) is 53.9 Å². The SMILES string of the molecule is CC1(Nc2cc(Br)nc(C(C)(C)C)n2)CCCCC1. The first kappa shape index (κ1) is 14.8. The Balaban J connectivity index is 2.22. The first-order chi connectivity index (χ1) is 8.78. The average molecular weight is 326 g/mol. The predicted octanol–water partition coefficient (Wildman–Crippen LogP) is 4.67. The van der Waals surface area contributed by atoms with Crippen LogP contribution < -0.4 is 5.32 Å². The fraction of sp³-hybridized carbons (Fsp3) is 0.733. The molecule has 1 aromatic heterocycles. The zero-order valence-corrected chi connectivity index (χ0v) is 14.0. The third-order valence-corrected chi connectivity index (χ3v) is 4.16. The van der Waals surface area contributed by atoms with Gasteiger partial charge in [0, 0.05) is 17.0 Å². The number of rotatable bonds is 2. The molecule has 19 heavy (non-hydrogen) atoms. The van der Waals surface area contributed by atoms with Crippen molar-refractivity contribution < 1.29 is 0 Å². The molecule has 1 aliphatic rings. The van der Waals surface area contributed by atoms with Crippen LogP contribution in [-0.4, -0.2) is 15.5 Å². The van der Waals surface area contributed by atoms with E-state index in [0.717, 1.165) is 16.2 Å². The number of halogens is 1. The van der Waals surface area contributed by atoms with Crippen LogP contribution in [-0.2, 0) is 5.41 Å². The van der Waals surface area contributed by atoms with E-state index >= 15 is 0 Å².